The van der Waals surface area contributed by atoms with Gasteiger partial charge in [-0.15, -0.1) is 11.6 Å². The predicted molar refractivity (Wildman–Crippen MR) is 76.7 cm³/mol. The van der Waals surface area contributed by atoms with Gasteiger partial charge in [0, 0.05) is 16.9 Å². The van der Waals surface area contributed by atoms with E-state index in [4.69, 9.17) is 23.2 Å². The highest BCUT2D eigenvalue weighted by molar-refractivity contribution is 7.89. The van der Waals surface area contributed by atoms with Gasteiger partial charge >= 0.3 is 0 Å². The molecule has 1 N–H and O–H groups in total. The molecule has 6 heteroatoms. The molecule has 3 nitrogen and oxygen atoms in total. The molecule has 1 aromatic carbocycles. The number of sulfonamides is 1. The van der Waals surface area contributed by atoms with Crippen molar-refractivity contribution in [1.82, 2.24) is 4.72 Å². The molecule has 0 aliphatic carbocycles. The van der Waals surface area contributed by atoms with Gasteiger partial charge in [0.2, 0.25) is 10.0 Å². The lowest BCUT2D eigenvalue weighted by Crippen LogP contribution is -2.31. The van der Waals surface area contributed by atoms with Gasteiger partial charge in [-0.2, -0.15) is 0 Å². The van der Waals surface area contributed by atoms with Crippen LogP contribution in [-0.2, 0) is 10.0 Å². The van der Waals surface area contributed by atoms with Crippen molar-refractivity contribution in [3.63, 3.8) is 0 Å². The molecule has 1 aromatic rings. The third kappa shape index (κ3) is 4.76. The van der Waals surface area contributed by atoms with Crippen LogP contribution in [0.25, 0.3) is 0 Å². The summed E-state index contributed by atoms with van der Waals surface area (Å²) in [5.74, 6) is 0.259. The molecule has 0 aromatic heterocycles. The minimum atomic E-state index is -3.35. The predicted octanol–water partition coefficient (Wildman–Crippen LogP) is 3.20. The van der Waals surface area contributed by atoms with E-state index in [1.54, 1.807) is 26.0 Å². The first-order chi connectivity index (χ1) is 8.35. The average Bonchev–Trinajstić information content (AvgIpc) is 2.27. The van der Waals surface area contributed by atoms with E-state index in [1.807, 2.05) is 12.1 Å². The fraction of sp³-hybridized carbons (Fsp3) is 0.500. The number of alkyl halides is 1. The molecule has 0 spiro atoms. The fourth-order valence-corrected chi connectivity index (χ4v) is 3.79. The fourth-order valence-electron chi connectivity index (χ4n) is 1.63. The molecule has 0 aliphatic heterocycles. The van der Waals surface area contributed by atoms with Gasteiger partial charge in [0.1, 0.15) is 0 Å². The molecule has 0 saturated carbocycles. The highest BCUT2D eigenvalue weighted by atomic mass is 35.5. The number of benzene rings is 1. The summed E-state index contributed by atoms with van der Waals surface area (Å²) in [5, 5.41) is 0.554. The van der Waals surface area contributed by atoms with Crippen molar-refractivity contribution in [3.05, 3.63) is 34.9 Å². The number of nitrogens with one attached hydrogen (secondary N) is 1. The Balaban J connectivity index is 2.76. The van der Waals surface area contributed by atoms with Crippen molar-refractivity contribution < 1.29 is 8.42 Å². The summed E-state index contributed by atoms with van der Waals surface area (Å²) in [4.78, 5) is 0. The molecule has 0 aliphatic rings. The molecule has 0 radical (unpaired) electrons. The van der Waals surface area contributed by atoms with Gasteiger partial charge in [0.05, 0.1) is 5.75 Å². The second kappa shape index (κ2) is 6.75. The smallest absolute Gasteiger partial charge is 0.212 e. The van der Waals surface area contributed by atoms with Crippen LogP contribution in [0.3, 0.4) is 0 Å². The molecule has 0 bridgehead atoms. The van der Waals surface area contributed by atoms with E-state index < -0.39 is 10.0 Å². The molecular formula is C12H17Cl2NO2S. The van der Waals surface area contributed by atoms with E-state index in [2.05, 4.69) is 4.72 Å². The zero-order chi connectivity index (χ0) is 13.8. The lowest BCUT2D eigenvalue weighted by atomic mass is 10.1. The minimum Gasteiger partial charge on any atom is -0.212 e. The molecular weight excluding hydrogens is 293 g/mol. The van der Waals surface area contributed by atoms with Crippen LogP contribution in [-0.4, -0.2) is 20.1 Å². The van der Waals surface area contributed by atoms with E-state index in [1.165, 1.54) is 0 Å². The molecule has 1 unspecified atom stereocenters. The van der Waals surface area contributed by atoms with E-state index in [9.17, 15) is 8.42 Å². The molecule has 0 amide bonds. The Morgan fingerprint density at radius 3 is 2.44 bits per heavy atom. The summed E-state index contributed by atoms with van der Waals surface area (Å²) >= 11 is 11.6. The van der Waals surface area contributed by atoms with E-state index >= 15 is 0 Å². The summed E-state index contributed by atoms with van der Waals surface area (Å²) in [6.45, 7) is 3.57. The van der Waals surface area contributed by atoms with Gasteiger partial charge in [-0.25, -0.2) is 13.1 Å². The first-order valence-corrected chi connectivity index (χ1v) is 8.22. The maximum Gasteiger partial charge on any atom is 0.212 e. The van der Waals surface area contributed by atoms with E-state index in [0.717, 1.165) is 5.56 Å². The zero-order valence-corrected chi connectivity index (χ0v) is 12.7. The zero-order valence-electron chi connectivity index (χ0n) is 10.4. The molecule has 18 heavy (non-hydrogen) atoms. The number of hydrogen-bond acceptors (Lipinski definition) is 2. The molecule has 102 valence electrons. The van der Waals surface area contributed by atoms with Crippen molar-refractivity contribution in [1.29, 1.82) is 0 Å². The summed E-state index contributed by atoms with van der Waals surface area (Å²) in [6.07, 6.45) is 0. The Morgan fingerprint density at radius 2 is 1.89 bits per heavy atom. The van der Waals surface area contributed by atoms with Crippen LogP contribution in [0.5, 0.6) is 0 Å². The van der Waals surface area contributed by atoms with Gasteiger partial charge in [0.25, 0.3) is 0 Å². The van der Waals surface area contributed by atoms with Crippen LogP contribution >= 0.6 is 23.2 Å². The van der Waals surface area contributed by atoms with Gasteiger partial charge in [0.15, 0.2) is 0 Å². The Kier molecular flexibility index (Phi) is 5.92. The first kappa shape index (κ1) is 15.8. The summed E-state index contributed by atoms with van der Waals surface area (Å²) in [7, 11) is -3.35. The second-order valence-corrected chi connectivity index (χ2v) is 6.92. The van der Waals surface area contributed by atoms with Gasteiger partial charge in [-0.1, -0.05) is 36.7 Å². The Hall–Kier alpha value is -0.290. The van der Waals surface area contributed by atoms with Gasteiger partial charge < -0.3 is 0 Å². The van der Waals surface area contributed by atoms with Crippen LogP contribution in [0, 0.1) is 5.92 Å². The van der Waals surface area contributed by atoms with Crippen molar-refractivity contribution in [2.75, 3.05) is 11.6 Å². The van der Waals surface area contributed by atoms with E-state index in [-0.39, 0.29) is 17.7 Å². The quantitative estimate of drug-likeness (QED) is 0.820. The van der Waals surface area contributed by atoms with Crippen molar-refractivity contribution in [2.45, 2.75) is 19.9 Å². The number of halogens is 2. The largest absolute Gasteiger partial charge is 0.212 e. The van der Waals surface area contributed by atoms with Crippen LogP contribution in [0.2, 0.25) is 5.02 Å². The molecule has 2 atom stereocenters. The van der Waals surface area contributed by atoms with Crippen LogP contribution in [0.15, 0.2) is 24.3 Å². The highest BCUT2D eigenvalue weighted by Crippen LogP contribution is 2.22. The van der Waals surface area contributed by atoms with Gasteiger partial charge in [-0.05, 0) is 24.5 Å². The topological polar surface area (TPSA) is 46.2 Å². The Labute approximate surface area is 119 Å². The molecule has 0 saturated heterocycles. The average molecular weight is 310 g/mol. The molecule has 1 rings (SSSR count). The van der Waals surface area contributed by atoms with Crippen LogP contribution in [0.1, 0.15) is 25.5 Å². The van der Waals surface area contributed by atoms with E-state index in [0.29, 0.717) is 10.9 Å². The third-order valence-corrected chi connectivity index (χ3v) is 5.09. The number of hydrogen-bond donors (Lipinski definition) is 1. The highest BCUT2D eigenvalue weighted by Gasteiger charge is 2.19. The SMILES string of the molecule is CC(CCl)CS(=O)(=O)N[C@H](C)c1ccccc1Cl. The Bertz CT molecular complexity index is 491. The molecule has 0 fully saturated rings. The number of rotatable bonds is 6. The lowest BCUT2D eigenvalue weighted by Gasteiger charge is -2.17. The standard InChI is InChI=1S/C12H17Cl2NO2S/c1-9(7-13)8-18(16,17)15-10(2)11-5-3-4-6-12(11)14/h3-6,9-10,15H,7-8H2,1-2H3/t9?,10-/m1/s1. The second-order valence-electron chi connectivity index (χ2n) is 4.40. The lowest BCUT2D eigenvalue weighted by molar-refractivity contribution is 0.555. The summed E-state index contributed by atoms with van der Waals surface area (Å²) < 4.78 is 26.4. The van der Waals surface area contributed by atoms with Crippen molar-refractivity contribution in [3.8, 4) is 0 Å². The maximum atomic E-state index is 11.9. The van der Waals surface area contributed by atoms with Gasteiger partial charge in [-0.3, -0.25) is 0 Å². The summed E-state index contributed by atoms with van der Waals surface area (Å²) in [5.41, 5.74) is 0.765. The Morgan fingerprint density at radius 1 is 1.28 bits per heavy atom. The van der Waals surface area contributed by atoms with Crippen LogP contribution in [0.4, 0.5) is 0 Å². The summed E-state index contributed by atoms with van der Waals surface area (Å²) in [6, 6.07) is 6.82. The molecule has 0 heterocycles. The minimum absolute atomic E-state index is 0.0191. The van der Waals surface area contributed by atoms with Crippen molar-refractivity contribution >= 4 is 33.2 Å². The third-order valence-electron chi connectivity index (χ3n) is 2.50. The van der Waals surface area contributed by atoms with Crippen molar-refractivity contribution in [2.24, 2.45) is 5.92 Å². The maximum absolute atomic E-state index is 11.9. The normalized spacial score (nSPS) is 15.3. The first-order valence-electron chi connectivity index (χ1n) is 5.66. The monoisotopic (exact) mass is 309 g/mol. The van der Waals surface area contributed by atoms with Crippen LogP contribution < -0.4 is 4.72 Å².